The van der Waals surface area contributed by atoms with Gasteiger partial charge in [0.1, 0.15) is 6.61 Å². The average molecular weight is 525 g/mol. The molecule has 2 aromatic heterocycles. The molecule has 0 radical (unpaired) electrons. The molecule has 1 N–H and O–H groups in total. The SMILES string of the molecule is CC(=O)N(C)c1ccc(Cl)c(COc2cccn3cc(C)nc23)c1Cl.O=C1NC(=O)c2ccccc21. The highest BCUT2D eigenvalue weighted by Crippen LogP contribution is 2.35. The van der Waals surface area contributed by atoms with Crippen LogP contribution in [0.2, 0.25) is 10.0 Å². The van der Waals surface area contributed by atoms with Crippen molar-refractivity contribution in [3.63, 3.8) is 0 Å². The molecule has 0 spiro atoms. The first-order chi connectivity index (χ1) is 17.2. The maximum atomic E-state index is 11.6. The van der Waals surface area contributed by atoms with E-state index in [1.54, 1.807) is 43.4 Å². The molecule has 3 amide bonds. The van der Waals surface area contributed by atoms with Gasteiger partial charge in [-0.15, -0.1) is 0 Å². The zero-order valence-electron chi connectivity index (χ0n) is 19.7. The highest BCUT2D eigenvalue weighted by atomic mass is 35.5. The van der Waals surface area contributed by atoms with Crippen LogP contribution in [0, 0.1) is 6.92 Å². The van der Waals surface area contributed by atoms with E-state index in [1.165, 1.54) is 11.8 Å². The van der Waals surface area contributed by atoms with E-state index in [0.717, 1.165) is 11.3 Å². The fourth-order valence-corrected chi connectivity index (χ4v) is 4.24. The third-order valence-electron chi connectivity index (χ3n) is 5.58. The lowest BCUT2D eigenvalue weighted by molar-refractivity contribution is -0.116. The molecule has 3 heterocycles. The smallest absolute Gasteiger partial charge is 0.258 e. The predicted molar refractivity (Wildman–Crippen MR) is 138 cm³/mol. The van der Waals surface area contributed by atoms with Gasteiger partial charge in [0.15, 0.2) is 11.4 Å². The van der Waals surface area contributed by atoms with Crippen LogP contribution in [-0.2, 0) is 11.4 Å². The topological polar surface area (TPSA) is 93.0 Å². The molecule has 8 nitrogen and oxygen atoms in total. The predicted octanol–water partition coefficient (Wildman–Crippen LogP) is 5.08. The molecule has 5 rings (SSSR count). The Kier molecular flexibility index (Phi) is 7.28. The number of nitrogens with one attached hydrogen (secondary N) is 1. The number of anilines is 1. The number of hydrogen-bond donors (Lipinski definition) is 1. The van der Waals surface area contributed by atoms with Gasteiger partial charge in [0.2, 0.25) is 5.91 Å². The van der Waals surface area contributed by atoms with Crippen LogP contribution >= 0.6 is 23.2 Å². The van der Waals surface area contributed by atoms with Gasteiger partial charge >= 0.3 is 0 Å². The summed E-state index contributed by atoms with van der Waals surface area (Å²) in [6.45, 7) is 3.57. The number of ether oxygens (including phenoxy) is 1. The number of pyridine rings is 1. The maximum Gasteiger partial charge on any atom is 0.258 e. The van der Waals surface area contributed by atoms with Crippen molar-refractivity contribution < 1.29 is 19.1 Å². The second kappa shape index (κ2) is 10.4. The minimum Gasteiger partial charge on any atom is -0.485 e. The molecule has 1 aliphatic rings. The van der Waals surface area contributed by atoms with Crippen molar-refractivity contribution in [3.8, 4) is 5.75 Å². The Morgan fingerprint density at radius 3 is 2.36 bits per heavy atom. The standard InChI is InChI=1S/C18H17Cl2N3O2.C8H5NO2/c1-11-9-23-8-4-5-16(18(23)21-11)25-10-13-14(19)6-7-15(17(13)20)22(3)12(2)24;10-7-5-3-1-2-4-6(5)8(11)9-7/h4-9H,10H2,1-3H3;1-4H,(H,9,10,11). The Bertz CT molecular complexity index is 1470. The molecule has 0 bridgehead atoms. The first-order valence-corrected chi connectivity index (χ1v) is 11.7. The highest BCUT2D eigenvalue weighted by molar-refractivity contribution is 6.38. The van der Waals surface area contributed by atoms with E-state index >= 15 is 0 Å². The third kappa shape index (κ3) is 5.05. The number of nitrogens with zero attached hydrogens (tertiary/aromatic N) is 3. The van der Waals surface area contributed by atoms with E-state index in [9.17, 15) is 14.4 Å². The van der Waals surface area contributed by atoms with Crippen LogP contribution < -0.4 is 15.0 Å². The molecule has 10 heteroatoms. The van der Waals surface area contributed by atoms with Crippen molar-refractivity contribution in [2.75, 3.05) is 11.9 Å². The molecule has 0 fully saturated rings. The monoisotopic (exact) mass is 524 g/mol. The normalized spacial score (nSPS) is 12.0. The number of aryl methyl sites for hydroxylation is 1. The van der Waals surface area contributed by atoms with Gasteiger partial charge in [-0.05, 0) is 43.3 Å². The minimum atomic E-state index is -0.300. The van der Waals surface area contributed by atoms with Crippen molar-refractivity contribution in [2.24, 2.45) is 0 Å². The number of aromatic nitrogens is 2. The Morgan fingerprint density at radius 1 is 1.06 bits per heavy atom. The minimum absolute atomic E-state index is 0.117. The van der Waals surface area contributed by atoms with Gasteiger partial charge < -0.3 is 14.0 Å². The number of imidazole rings is 1. The lowest BCUT2D eigenvalue weighted by Crippen LogP contribution is -2.23. The number of fused-ring (bicyclic) bond motifs is 2. The van der Waals surface area contributed by atoms with E-state index in [0.29, 0.717) is 38.2 Å². The molecule has 184 valence electrons. The zero-order valence-corrected chi connectivity index (χ0v) is 21.2. The Labute approximate surface area is 217 Å². The van der Waals surface area contributed by atoms with Gasteiger partial charge in [0.25, 0.3) is 11.8 Å². The second-order valence-corrected chi connectivity index (χ2v) is 8.83. The first kappa shape index (κ1) is 25.2. The average Bonchev–Trinajstić information content (AvgIpc) is 3.37. The Hall–Kier alpha value is -3.88. The van der Waals surface area contributed by atoms with Crippen LogP contribution in [0.15, 0.2) is 60.9 Å². The summed E-state index contributed by atoms with van der Waals surface area (Å²) in [5.41, 5.74) is 3.78. The number of carbonyl (C=O) groups excluding carboxylic acids is 3. The molecule has 0 atom stereocenters. The molecular formula is C26H22Cl2N4O4. The molecule has 2 aromatic carbocycles. The summed E-state index contributed by atoms with van der Waals surface area (Å²) in [5, 5.41) is 3.09. The fourth-order valence-electron chi connectivity index (χ4n) is 3.64. The largest absolute Gasteiger partial charge is 0.485 e. The van der Waals surface area contributed by atoms with Crippen molar-refractivity contribution in [1.82, 2.24) is 14.7 Å². The van der Waals surface area contributed by atoms with Crippen LogP contribution in [0.5, 0.6) is 5.75 Å². The first-order valence-electron chi connectivity index (χ1n) is 10.9. The van der Waals surface area contributed by atoms with E-state index in [-0.39, 0.29) is 24.3 Å². The van der Waals surface area contributed by atoms with Gasteiger partial charge in [-0.1, -0.05) is 35.3 Å². The van der Waals surface area contributed by atoms with Crippen LogP contribution in [0.4, 0.5) is 5.69 Å². The van der Waals surface area contributed by atoms with Crippen LogP contribution in [0.1, 0.15) is 38.9 Å². The van der Waals surface area contributed by atoms with E-state index < -0.39 is 0 Å². The summed E-state index contributed by atoms with van der Waals surface area (Å²) in [4.78, 5) is 39.4. The molecule has 0 unspecified atom stereocenters. The lowest BCUT2D eigenvalue weighted by atomic mass is 10.1. The number of rotatable bonds is 4. The van der Waals surface area contributed by atoms with E-state index in [4.69, 9.17) is 27.9 Å². The number of halogens is 2. The van der Waals surface area contributed by atoms with Gasteiger partial charge in [-0.2, -0.15) is 0 Å². The zero-order chi connectivity index (χ0) is 26.0. The van der Waals surface area contributed by atoms with E-state index in [1.807, 2.05) is 35.9 Å². The lowest BCUT2D eigenvalue weighted by Gasteiger charge is -2.19. The van der Waals surface area contributed by atoms with Crippen molar-refractivity contribution in [2.45, 2.75) is 20.5 Å². The van der Waals surface area contributed by atoms with Crippen molar-refractivity contribution in [1.29, 1.82) is 0 Å². The number of imide groups is 1. The van der Waals surface area contributed by atoms with Gasteiger partial charge in [-0.3, -0.25) is 19.7 Å². The fraction of sp³-hybridized carbons (Fsp3) is 0.154. The molecule has 0 saturated heterocycles. The van der Waals surface area contributed by atoms with Crippen LogP contribution in [-0.4, -0.2) is 34.2 Å². The molecule has 1 aliphatic heterocycles. The summed E-state index contributed by atoms with van der Waals surface area (Å²) in [5.74, 6) is -0.0852. The molecule has 4 aromatic rings. The van der Waals surface area contributed by atoms with Crippen LogP contribution in [0.3, 0.4) is 0 Å². The molecule has 0 aliphatic carbocycles. The summed E-state index contributed by atoms with van der Waals surface area (Å²) in [6, 6.07) is 13.9. The van der Waals surface area contributed by atoms with Crippen molar-refractivity contribution >= 4 is 52.3 Å². The number of carbonyl (C=O) groups is 3. The number of amides is 3. The van der Waals surface area contributed by atoms with Gasteiger partial charge in [0, 0.05) is 37.0 Å². The molecular weight excluding hydrogens is 503 g/mol. The van der Waals surface area contributed by atoms with Gasteiger partial charge in [-0.25, -0.2) is 4.98 Å². The summed E-state index contributed by atoms with van der Waals surface area (Å²) in [7, 11) is 1.66. The Balaban J connectivity index is 0.000000229. The summed E-state index contributed by atoms with van der Waals surface area (Å²) >= 11 is 12.7. The summed E-state index contributed by atoms with van der Waals surface area (Å²) in [6.07, 6.45) is 3.83. The van der Waals surface area contributed by atoms with Gasteiger partial charge in [0.05, 0.1) is 27.5 Å². The van der Waals surface area contributed by atoms with Crippen LogP contribution in [0.25, 0.3) is 5.65 Å². The third-order valence-corrected chi connectivity index (χ3v) is 6.36. The molecule has 0 saturated carbocycles. The summed E-state index contributed by atoms with van der Waals surface area (Å²) < 4.78 is 7.82. The number of benzene rings is 2. The Morgan fingerprint density at radius 2 is 1.72 bits per heavy atom. The quantitative estimate of drug-likeness (QED) is 0.375. The second-order valence-electron chi connectivity index (χ2n) is 8.04. The molecule has 36 heavy (non-hydrogen) atoms. The highest BCUT2D eigenvalue weighted by Gasteiger charge is 2.25. The van der Waals surface area contributed by atoms with Crippen molar-refractivity contribution in [3.05, 3.63) is 93.4 Å². The maximum absolute atomic E-state index is 11.6. The number of hydrogen-bond acceptors (Lipinski definition) is 5. The van der Waals surface area contributed by atoms with E-state index in [2.05, 4.69) is 10.3 Å².